The van der Waals surface area contributed by atoms with Gasteiger partial charge in [0.25, 0.3) is 0 Å². The van der Waals surface area contributed by atoms with Gasteiger partial charge in [0.15, 0.2) is 16.6 Å². The Bertz CT molecular complexity index is 375. The van der Waals surface area contributed by atoms with Crippen molar-refractivity contribution in [1.82, 2.24) is 0 Å². The quantitative estimate of drug-likeness (QED) is 0.323. The molecule has 0 heterocycles. The fourth-order valence-electron chi connectivity index (χ4n) is 3.08. The summed E-state index contributed by atoms with van der Waals surface area (Å²) >= 11 is 0. The molecule has 0 N–H and O–H groups in total. The summed E-state index contributed by atoms with van der Waals surface area (Å²) in [6.45, 7) is 13.3. The van der Waals surface area contributed by atoms with Crippen LogP contribution in [-0.2, 0) is 8.23 Å². The van der Waals surface area contributed by atoms with Gasteiger partial charge in [0.1, 0.15) is 0 Å². The maximum absolute atomic E-state index is 6.95. The van der Waals surface area contributed by atoms with Crippen LogP contribution in [0.4, 0.5) is 0 Å². The fourth-order valence-corrected chi connectivity index (χ4v) is 18.4. The summed E-state index contributed by atoms with van der Waals surface area (Å²) in [5.41, 5.74) is 0. The largest absolute Gasteiger partial charge is 0.435 e. The lowest BCUT2D eigenvalue weighted by Gasteiger charge is -2.44. The third-order valence-electron chi connectivity index (χ3n) is 5.31. The molecule has 0 aliphatic carbocycles. The Morgan fingerprint density at radius 2 is 0.913 bits per heavy atom. The molecular formula is C18H36O2Si3. The second-order valence-corrected chi connectivity index (χ2v) is 19.5. The van der Waals surface area contributed by atoms with Gasteiger partial charge in [-0.1, -0.05) is 41.5 Å². The van der Waals surface area contributed by atoms with E-state index in [9.17, 15) is 0 Å². The Labute approximate surface area is 148 Å². The van der Waals surface area contributed by atoms with E-state index in [1.807, 2.05) is 0 Å². The molecule has 0 saturated carbocycles. The van der Waals surface area contributed by atoms with Gasteiger partial charge in [-0.15, -0.1) is 24.7 Å². The predicted octanol–water partition coefficient (Wildman–Crippen LogP) is 5.74. The molecule has 132 valence electrons. The van der Waals surface area contributed by atoms with Gasteiger partial charge in [-0.05, 0) is 36.3 Å². The van der Waals surface area contributed by atoms with Crippen molar-refractivity contribution < 1.29 is 8.23 Å². The topological polar surface area (TPSA) is 18.5 Å². The van der Waals surface area contributed by atoms with E-state index in [1.165, 1.54) is 0 Å². The van der Waals surface area contributed by atoms with Crippen LogP contribution in [0.2, 0.25) is 48.4 Å². The first-order chi connectivity index (χ1) is 10.9. The minimum atomic E-state index is -2.24. The molecular weight excluding hydrogens is 332 g/mol. The molecule has 0 aromatic heterocycles. The first kappa shape index (κ1) is 22.7. The van der Waals surface area contributed by atoms with Crippen molar-refractivity contribution in [3.05, 3.63) is 0 Å². The van der Waals surface area contributed by atoms with Gasteiger partial charge >= 0.3 is 8.56 Å². The summed E-state index contributed by atoms with van der Waals surface area (Å²) in [4.78, 5) is 0. The summed E-state index contributed by atoms with van der Waals surface area (Å²) in [5, 5.41) is 0. The lowest BCUT2D eigenvalue weighted by atomic mass is 10.8. The molecule has 0 bridgehead atoms. The Morgan fingerprint density at radius 3 is 1.09 bits per heavy atom. The monoisotopic (exact) mass is 368 g/mol. The van der Waals surface area contributed by atoms with Crippen LogP contribution in [0.5, 0.6) is 0 Å². The minimum absolute atomic E-state index is 0.792. The van der Waals surface area contributed by atoms with Crippen LogP contribution in [0.3, 0.4) is 0 Å². The molecule has 23 heavy (non-hydrogen) atoms. The van der Waals surface area contributed by atoms with E-state index < -0.39 is 25.2 Å². The molecule has 0 atom stereocenters. The summed E-state index contributed by atoms with van der Waals surface area (Å²) in [6.07, 6.45) is 11.3. The van der Waals surface area contributed by atoms with E-state index >= 15 is 0 Å². The lowest BCUT2D eigenvalue weighted by Crippen LogP contribution is -2.58. The Balaban J connectivity index is 5.65. The Morgan fingerprint density at radius 1 is 0.609 bits per heavy atom. The van der Waals surface area contributed by atoms with Crippen LogP contribution in [0, 0.1) is 24.7 Å². The molecule has 0 aliphatic heterocycles. The highest BCUT2D eigenvalue weighted by molar-refractivity contribution is 6.90. The lowest BCUT2D eigenvalue weighted by molar-refractivity contribution is 0.363. The third-order valence-corrected chi connectivity index (χ3v) is 20.8. The van der Waals surface area contributed by atoms with Gasteiger partial charge in [0.05, 0.1) is 0 Å². The predicted molar refractivity (Wildman–Crippen MR) is 110 cm³/mol. The maximum atomic E-state index is 6.95. The van der Waals surface area contributed by atoms with Gasteiger partial charge in [0.2, 0.25) is 0 Å². The van der Waals surface area contributed by atoms with Crippen LogP contribution < -0.4 is 0 Å². The van der Waals surface area contributed by atoms with Gasteiger partial charge in [-0.3, -0.25) is 0 Å². The highest BCUT2D eigenvalue weighted by Crippen LogP contribution is 2.35. The zero-order chi connectivity index (χ0) is 18.0. The van der Waals surface area contributed by atoms with Gasteiger partial charge in [-0.25, -0.2) is 0 Å². The summed E-state index contributed by atoms with van der Waals surface area (Å²) in [6, 6.07) is 7.81. The summed E-state index contributed by atoms with van der Waals surface area (Å²) in [5.74, 6) is 5.76. The van der Waals surface area contributed by atoms with Crippen molar-refractivity contribution >= 4 is 25.2 Å². The van der Waals surface area contributed by atoms with Gasteiger partial charge in [-0.2, -0.15) is 0 Å². The van der Waals surface area contributed by atoms with Crippen LogP contribution in [-0.4, -0.2) is 25.2 Å². The second kappa shape index (κ2) is 10.5. The Kier molecular flexibility index (Phi) is 10.4. The third kappa shape index (κ3) is 5.92. The van der Waals surface area contributed by atoms with Crippen molar-refractivity contribution in [1.29, 1.82) is 0 Å². The fraction of sp³-hybridized carbons (Fsp3) is 0.778. The number of rotatable bonds is 12. The molecule has 0 amide bonds. The molecule has 0 aromatic rings. The van der Waals surface area contributed by atoms with E-state index in [1.54, 1.807) is 0 Å². The maximum Gasteiger partial charge on any atom is 0.317 e. The number of terminal acetylenes is 2. The van der Waals surface area contributed by atoms with Crippen molar-refractivity contribution in [2.75, 3.05) is 0 Å². The van der Waals surface area contributed by atoms with Crippen molar-refractivity contribution in [3.8, 4) is 24.7 Å². The van der Waals surface area contributed by atoms with Crippen LogP contribution in [0.25, 0.3) is 0 Å². The molecule has 0 aromatic carbocycles. The van der Waals surface area contributed by atoms with E-state index in [0.717, 1.165) is 48.4 Å². The van der Waals surface area contributed by atoms with Crippen LogP contribution in [0.15, 0.2) is 0 Å². The molecule has 0 aliphatic rings. The van der Waals surface area contributed by atoms with Gasteiger partial charge < -0.3 is 8.23 Å². The van der Waals surface area contributed by atoms with Gasteiger partial charge in [0, 0.05) is 12.1 Å². The molecule has 0 unspecified atom stereocenters. The SMILES string of the molecule is C#CC[Si](CC)(CC)O[Si](CC)(CC)O[Si](CC)(CC)CC#C. The molecule has 0 saturated heterocycles. The van der Waals surface area contributed by atoms with Crippen LogP contribution in [0.1, 0.15) is 41.5 Å². The molecule has 2 nitrogen and oxygen atoms in total. The zero-order valence-electron chi connectivity index (χ0n) is 16.1. The highest BCUT2D eigenvalue weighted by Gasteiger charge is 2.47. The minimum Gasteiger partial charge on any atom is -0.435 e. The second-order valence-electron chi connectivity index (χ2n) is 6.36. The normalized spacial score (nSPS) is 12.7. The number of hydrogen-bond donors (Lipinski definition) is 0. The van der Waals surface area contributed by atoms with Crippen LogP contribution >= 0.6 is 0 Å². The highest BCUT2D eigenvalue weighted by atomic mass is 28.5. The van der Waals surface area contributed by atoms with E-state index in [4.69, 9.17) is 21.1 Å². The van der Waals surface area contributed by atoms with Crippen molar-refractivity contribution in [3.63, 3.8) is 0 Å². The van der Waals surface area contributed by atoms with Crippen molar-refractivity contribution in [2.45, 2.75) is 89.9 Å². The average molecular weight is 369 g/mol. The van der Waals surface area contributed by atoms with E-state index in [0.29, 0.717) is 0 Å². The van der Waals surface area contributed by atoms with E-state index in [-0.39, 0.29) is 0 Å². The molecule has 0 radical (unpaired) electrons. The molecule has 0 fully saturated rings. The van der Waals surface area contributed by atoms with E-state index in [2.05, 4.69) is 53.4 Å². The molecule has 0 spiro atoms. The summed E-state index contributed by atoms with van der Waals surface area (Å²) < 4.78 is 13.9. The molecule has 5 heteroatoms. The van der Waals surface area contributed by atoms with Crippen molar-refractivity contribution in [2.24, 2.45) is 0 Å². The first-order valence-electron chi connectivity index (χ1n) is 9.17. The first-order valence-corrected chi connectivity index (χ1v) is 16.5. The molecule has 0 rings (SSSR count). The summed E-state index contributed by atoms with van der Waals surface area (Å²) in [7, 11) is -6.04. The standard InChI is InChI=1S/C18H36O2Si3/c1-9-17-21(11-3,12-4)19-23(15-7,16-8)20-22(13-5,14-6)18-10-2/h1-2H,11-18H2,3-8H3. The Hall–Kier alpha value is -0.309. The number of hydrogen-bond acceptors (Lipinski definition) is 2. The average Bonchev–Trinajstić information content (AvgIpc) is 2.60. The smallest absolute Gasteiger partial charge is 0.317 e. The zero-order valence-corrected chi connectivity index (χ0v) is 19.1.